The Balaban J connectivity index is 2.22. The van der Waals surface area contributed by atoms with E-state index in [1.807, 2.05) is 0 Å². The molecule has 1 aliphatic heterocycles. The summed E-state index contributed by atoms with van der Waals surface area (Å²) in [5.41, 5.74) is 0. The third-order valence-electron chi connectivity index (χ3n) is 2.66. The standard InChI is InChI=1S/C10H18N2O4/c1-15-9(13)3-4-11-5-7-12(8-6-11)10(14)16-2/h3-8H2,1-2H3. The predicted molar refractivity (Wildman–Crippen MR) is 57.1 cm³/mol. The van der Waals surface area contributed by atoms with E-state index < -0.39 is 0 Å². The van der Waals surface area contributed by atoms with Crippen LogP contribution in [0.15, 0.2) is 0 Å². The second kappa shape index (κ2) is 6.32. The summed E-state index contributed by atoms with van der Waals surface area (Å²) in [6.45, 7) is 3.52. The molecule has 0 unspecified atom stereocenters. The summed E-state index contributed by atoms with van der Waals surface area (Å²) in [5.74, 6) is -0.199. The average Bonchev–Trinajstić information content (AvgIpc) is 2.35. The minimum atomic E-state index is -0.285. The van der Waals surface area contributed by atoms with E-state index in [4.69, 9.17) is 0 Å². The molecule has 0 N–H and O–H groups in total. The van der Waals surface area contributed by atoms with Crippen molar-refractivity contribution in [1.82, 2.24) is 9.80 Å². The largest absolute Gasteiger partial charge is 0.469 e. The highest BCUT2D eigenvalue weighted by atomic mass is 16.5. The number of esters is 1. The van der Waals surface area contributed by atoms with Gasteiger partial charge in [0.05, 0.1) is 20.6 Å². The first-order chi connectivity index (χ1) is 7.67. The van der Waals surface area contributed by atoms with Gasteiger partial charge in [-0.3, -0.25) is 9.69 Å². The molecule has 1 saturated heterocycles. The Labute approximate surface area is 95.1 Å². The predicted octanol–water partition coefficient (Wildman–Crippen LogP) is -0.0665. The number of rotatable bonds is 3. The molecule has 16 heavy (non-hydrogen) atoms. The Morgan fingerprint density at radius 1 is 1.06 bits per heavy atom. The molecule has 1 aliphatic rings. The topological polar surface area (TPSA) is 59.1 Å². The highest BCUT2D eigenvalue weighted by molar-refractivity contribution is 5.69. The van der Waals surface area contributed by atoms with Crippen LogP contribution in [0.5, 0.6) is 0 Å². The van der Waals surface area contributed by atoms with Crippen LogP contribution in [0.3, 0.4) is 0 Å². The van der Waals surface area contributed by atoms with Gasteiger partial charge in [-0.2, -0.15) is 0 Å². The lowest BCUT2D eigenvalue weighted by molar-refractivity contribution is -0.141. The molecule has 0 spiro atoms. The molecule has 0 aliphatic carbocycles. The number of piperazine rings is 1. The Morgan fingerprint density at radius 3 is 2.19 bits per heavy atom. The first kappa shape index (κ1) is 12.8. The Hall–Kier alpha value is -1.30. The molecule has 6 nitrogen and oxygen atoms in total. The van der Waals surface area contributed by atoms with Crippen molar-refractivity contribution >= 4 is 12.1 Å². The normalized spacial score (nSPS) is 17.0. The minimum absolute atomic E-state index is 0.199. The summed E-state index contributed by atoms with van der Waals surface area (Å²) < 4.78 is 9.20. The van der Waals surface area contributed by atoms with Gasteiger partial charge in [-0.15, -0.1) is 0 Å². The smallest absolute Gasteiger partial charge is 0.409 e. The van der Waals surface area contributed by atoms with Gasteiger partial charge in [0.2, 0.25) is 0 Å². The second-order valence-electron chi connectivity index (χ2n) is 3.62. The molecule has 6 heteroatoms. The van der Waals surface area contributed by atoms with Gasteiger partial charge in [0.15, 0.2) is 0 Å². The lowest BCUT2D eigenvalue weighted by Gasteiger charge is -2.33. The first-order valence-electron chi connectivity index (χ1n) is 5.29. The Morgan fingerprint density at radius 2 is 1.69 bits per heavy atom. The van der Waals surface area contributed by atoms with Crippen LogP contribution in [0.2, 0.25) is 0 Å². The minimum Gasteiger partial charge on any atom is -0.469 e. The number of carbonyl (C=O) groups excluding carboxylic acids is 2. The van der Waals surface area contributed by atoms with Crippen LogP contribution in [-0.4, -0.2) is 68.8 Å². The summed E-state index contributed by atoms with van der Waals surface area (Å²) in [7, 11) is 2.77. The van der Waals surface area contributed by atoms with Crippen LogP contribution >= 0.6 is 0 Å². The average molecular weight is 230 g/mol. The third-order valence-corrected chi connectivity index (χ3v) is 2.66. The maximum atomic E-state index is 11.2. The van der Waals surface area contributed by atoms with Crippen molar-refractivity contribution in [3.63, 3.8) is 0 Å². The zero-order valence-electron chi connectivity index (χ0n) is 9.77. The highest BCUT2D eigenvalue weighted by Gasteiger charge is 2.21. The molecule has 1 heterocycles. The fourth-order valence-corrected chi connectivity index (χ4v) is 1.63. The molecule has 0 saturated carbocycles. The van der Waals surface area contributed by atoms with Crippen LogP contribution in [0.1, 0.15) is 6.42 Å². The maximum Gasteiger partial charge on any atom is 0.409 e. The van der Waals surface area contributed by atoms with Crippen molar-refractivity contribution in [1.29, 1.82) is 0 Å². The van der Waals surface area contributed by atoms with Crippen molar-refractivity contribution < 1.29 is 19.1 Å². The number of methoxy groups -OCH3 is 2. The quantitative estimate of drug-likeness (QED) is 0.635. The molecule has 1 fully saturated rings. The monoisotopic (exact) mass is 230 g/mol. The van der Waals surface area contributed by atoms with Gasteiger partial charge in [0.25, 0.3) is 0 Å². The Bertz CT molecular complexity index is 249. The third kappa shape index (κ3) is 3.69. The molecule has 0 bridgehead atoms. The van der Waals surface area contributed by atoms with Gasteiger partial charge < -0.3 is 14.4 Å². The zero-order valence-corrected chi connectivity index (χ0v) is 9.77. The molecule has 0 aromatic carbocycles. The molecule has 0 radical (unpaired) electrons. The lowest BCUT2D eigenvalue weighted by Crippen LogP contribution is -2.49. The lowest BCUT2D eigenvalue weighted by atomic mass is 10.3. The fourth-order valence-electron chi connectivity index (χ4n) is 1.63. The van der Waals surface area contributed by atoms with Gasteiger partial charge in [-0.25, -0.2) is 4.79 Å². The highest BCUT2D eigenvalue weighted by Crippen LogP contribution is 2.04. The van der Waals surface area contributed by atoms with E-state index in [-0.39, 0.29) is 12.1 Å². The van der Waals surface area contributed by atoms with E-state index in [0.29, 0.717) is 26.1 Å². The van der Waals surface area contributed by atoms with E-state index in [2.05, 4.69) is 14.4 Å². The Kier molecular flexibility index (Phi) is 5.04. The summed E-state index contributed by atoms with van der Waals surface area (Å²) in [5, 5.41) is 0. The molecule has 0 aromatic rings. The zero-order chi connectivity index (χ0) is 12.0. The van der Waals surface area contributed by atoms with E-state index >= 15 is 0 Å². The maximum absolute atomic E-state index is 11.2. The summed E-state index contributed by atoms with van der Waals surface area (Å²) in [6.07, 6.45) is 0.113. The number of ether oxygens (including phenoxy) is 2. The molecule has 92 valence electrons. The van der Waals surface area contributed by atoms with Crippen molar-refractivity contribution in [3.05, 3.63) is 0 Å². The number of hydrogen-bond acceptors (Lipinski definition) is 5. The van der Waals surface area contributed by atoms with Crippen molar-refractivity contribution in [2.24, 2.45) is 0 Å². The number of nitrogens with zero attached hydrogens (tertiary/aromatic N) is 2. The van der Waals surface area contributed by atoms with Gasteiger partial charge in [0, 0.05) is 32.7 Å². The summed E-state index contributed by atoms with van der Waals surface area (Å²) in [4.78, 5) is 25.9. The molecular formula is C10H18N2O4. The SMILES string of the molecule is COC(=O)CCN1CCN(C(=O)OC)CC1. The number of amides is 1. The first-order valence-corrected chi connectivity index (χ1v) is 5.29. The van der Waals surface area contributed by atoms with E-state index in [1.54, 1.807) is 4.90 Å². The van der Waals surface area contributed by atoms with Gasteiger partial charge in [0.1, 0.15) is 0 Å². The molecule has 1 rings (SSSR count). The van der Waals surface area contributed by atoms with Crippen LogP contribution in [-0.2, 0) is 14.3 Å². The van der Waals surface area contributed by atoms with Gasteiger partial charge >= 0.3 is 12.1 Å². The van der Waals surface area contributed by atoms with Crippen LogP contribution in [0, 0.1) is 0 Å². The van der Waals surface area contributed by atoms with E-state index in [0.717, 1.165) is 13.1 Å². The van der Waals surface area contributed by atoms with Crippen LogP contribution in [0.25, 0.3) is 0 Å². The fraction of sp³-hybridized carbons (Fsp3) is 0.800. The number of carbonyl (C=O) groups is 2. The molecule has 0 aromatic heterocycles. The van der Waals surface area contributed by atoms with Gasteiger partial charge in [-0.05, 0) is 0 Å². The van der Waals surface area contributed by atoms with Crippen molar-refractivity contribution in [2.45, 2.75) is 6.42 Å². The molecule has 0 atom stereocenters. The molecule has 1 amide bonds. The van der Waals surface area contributed by atoms with Crippen molar-refractivity contribution in [3.8, 4) is 0 Å². The van der Waals surface area contributed by atoms with Crippen LogP contribution in [0.4, 0.5) is 4.79 Å². The number of hydrogen-bond donors (Lipinski definition) is 0. The second-order valence-corrected chi connectivity index (χ2v) is 3.62. The summed E-state index contributed by atoms with van der Waals surface area (Å²) >= 11 is 0. The van der Waals surface area contributed by atoms with E-state index in [9.17, 15) is 9.59 Å². The van der Waals surface area contributed by atoms with E-state index in [1.165, 1.54) is 14.2 Å². The van der Waals surface area contributed by atoms with Crippen molar-refractivity contribution in [2.75, 3.05) is 46.9 Å². The van der Waals surface area contributed by atoms with Crippen LogP contribution < -0.4 is 0 Å². The van der Waals surface area contributed by atoms with Gasteiger partial charge in [-0.1, -0.05) is 0 Å². The summed E-state index contributed by atoms with van der Waals surface area (Å²) in [6, 6.07) is 0. The molecular weight excluding hydrogens is 212 g/mol.